The van der Waals surface area contributed by atoms with Crippen molar-refractivity contribution in [2.75, 3.05) is 7.11 Å². The molecule has 0 unspecified atom stereocenters. The molecule has 1 rings (SSSR count). The van der Waals surface area contributed by atoms with E-state index in [-0.39, 0.29) is 0 Å². The summed E-state index contributed by atoms with van der Waals surface area (Å²) in [4.78, 5) is 11.2. The third-order valence-corrected chi connectivity index (χ3v) is 3.17. The van der Waals surface area contributed by atoms with Gasteiger partial charge in [0, 0.05) is 3.57 Å². The van der Waals surface area contributed by atoms with Crippen LogP contribution in [0, 0.1) is 10.5 Å². The normalized spacial score (nSPS) is 11.4. The highest BCUT2D eigenvalue weighted by atomic mass is 127. The van der Waals surface area contributed by atoms with Gasteiger partial charge < -0.3 is 4.74 Å². The summed E-state index contributed by atoms with van der Waals surface area (Å²) in [6.45, 7) is 1.55. The molecule has 1 aromatic rings. The number of hydrogen-bond donors (Lipinski definition) is 0. The van der Waals surface area contributed by atoms with Crippen LogP contribution in [0.3, 0.4) is 0 Å². The number of aryl methyl sites for hydroxylation is 1. The van der Waals surface area contributed by atoms with E-state index in [1.807, 2.05) is 22.6 Å². The molecule has 0 saturated carbocycles. The number of rotatable bonds is 1. The molecule has 88 valence electrons. The fourth-order valence-electron chi connectivity index (χ4n) is 1.19. The van der Waals surface area contributed by atoms with Crippen molar-refractivity contribution >= 4 is 28.6 Å². The van der Waals surface area contributed by atoms with Crippen LogP contribution < -0.4 is 0 Å². The van der Waals surface area contributed by atoms with Gasteiger partial charge in [0.15, 0.2) is 0 Å². The lowest BCUT2D eigenvalue weighted by atomic mass is 10.0. The largest absolute Gasteiger partial charge is 0.465 e. The zero-order valence-corrected chi connectivity index (χ0v) is 10.6. The minimum absolute atomic E-state index is 0.454. The Morgan fingerprint density at radius 1 is 1.38 bits per heavy atom. The molecular formula is C10H8F3IO2. The Labute approximate surface area is 104 Å². The van der Waals surface area contributed by atoms with Crippen molar-refractivity contribution in [3.8, 4) is 0 Å². The highest BCUT2D eigenvalue weighted by Crippen LogP contribution is 2.34. The predicted octanol–water partition coefficient (Wildman–Crippen LogP) is 3.41. The number of ether oxygens (including phenoxy) is 1. The molecule has 0 amide bonds. The van der Waals surface area contributed by atoms with E-state index in [0.717, 1.165) is 13.2 Å². The average molecular weight is 344 g/mol. The molecule has 1 aromatic carbocycles. The van der Waals surface area contributed by atoms with Gasteiger partial charge in [-0.3, -0.25) is 0 Å². The quantitative estimate of drug-likeness (QED) is 0.577. The van der Waals surface area contributed by atoms with Crippen LogP contribution >= 0.6 is 22.6 Å². The Bertz CT molecular complexity index is 427. The number of esters is 1. The van der Waals surface area contributed by atoms with Crippen LogP contribution in [0.1, 0.15) is 21.5 Å². The molecule has 0 bridgehead atoms. The number of benzene rings is 1. The monoisotopic (exact) mass is 344 g/mol. The number of hydrogen-bond acceptors (Lipinski definition) is 2. The van der Waals surface area contributed by atoms with E-state index >= 15 is 0 Å². The van der Waals surface area contributed by atoms with Gasteiger partial charge in [0.05, 0.1) is 18.2 Å². The molecule has 0 fully saturated rings. The summed E-state index contributed by atoms with van der Waals surface area (Å²) in [6, 6.07) is 2.14. The Morgan fingerprint density at radius 3 is 2.38 bits per heavy atom. The summed E-state index contributed by atoms with van der Waals surface area (Å²) in [5, 5.41) is 0. The molecule has 0 aliphatic heterocycles. The SMILES string of the molecule is COC(=O)c1cc(I)c(C)cc1C(F)(F)F. The smallest absolute Gasteiger partial charge is 0.417 e. The van der Waals surface area contributed by atoms with Crippen molar-refractivity contribution in [1.29, 1.82) is 0 Å². The van der Waals surface area contributed by atoms with Crippen molar-refractivity contribution in [3.63, 3.8) is 0 Å². The molecule has 2 nitrogen and oxygen atoms in total. The standard InChI is InChI=1S/C10H8F3IO2/c1-5-3-7(10(11,12)13)6(4-8(5)14)9(15)16-2/h3-4H,1-2H3. The summed E-state index contributed by atoms with van der Waals surface area (Å²) >= 11 is 1.87. The van der Waals surface area contributed by atoms with E-state index in [2.05, 4.69) is 4.74 Å². The van der Waals surface area contributed by atoms with Crippen molar-refractivity contribution in [1.82, 2.24) is 0 Å². The number of carbonyl (C=O) groups is 1. The van der Waals surface area contributed by atoms with Crippen LogP contribution in [-0.2, 0) is 10.9 Å². The fraction of sp³-hybridized carbons (Fsp3) is 0.300. The maximum absolute atomic E-state index is 12.6. The molecule has 16 heavy (non-hydrogen) atoms. The maximum atomic E-state index is 12.6. The summed E-state index contributed by atoms with van der Waals surface area (Å²) < 4.78 is 42.9. The highest BCUT2D eigenvalue weighted by molar-refractivity contribution is 14.1. The predicted molar refractivity (Wildman–Crippen MR) is 60.2 cm³/mol. The van der Waals surface area contributed by atoms with Crippen molar-refractivity contribution in [2.45, 2.75) is 13.1 Å². The second kappa shape index (κ2) is 4.60. The average Bonchev–Trinajstić information content (AvgIpc) is 2.18. The first-order chi connectivity index (χ1) is 7.27. The molecule has 0 N–H and O–H groups in total. The first-order valence-corrected chi connectivity index (χ1v) is 5.31. The molecule has 0 aromatic heterocycles. The topological polar surface area (TPSA) is 26.3 Å². The third-order valence-electron chi connectivity index (χ3n) is 2.01. The van der Waals surface area contributed by atoms with Crippen LogP contribution in [0.4, 0.5) is 13.2 Å². The second-order valence-electron chi connectivity index (χ2n) is 3.14. The van der Waals surface area contributed by atoms with Crippen molar-refractivity contribution < 1.29 is 22.7 Å². The molecule has 0 aliphatic carbocycles. The summed E-state index contributed by atoms with van der Waals surface area (Å²) in [5.41, 5.74) is -0.942. The molecule has 0 spiro atoms. The lowest BCUT2D eigenvalue weighted by molar-refractivity contribution is -0.138. The molecule has 0 saturated heterocycles. The van der Waals surface area contributed by atoms with Crippen LogP contribution in [0.25, 0.3) is 0 Å². The van der Waals surface area contributed by atoms with Crippen LogP contribution in [0.2, 0.25) is 0 Å². The van der Waals surface area contributed by atoms with Crippen LogP contribution in [-0.4, -0.2) is 13.1 Å². The molecule has 0 radical (unpaired) electrons. The Hall–Kier alpha value is -0.790. The molecule has 0 atom stereocenters. The van der Waals surface area contributed by atoms with Gasteiger partial charge in [0.25, 0.3) is 0 Å². The zero-order valence-electron chi connectivity index (χ0n) is 8.48. The highest BCUT2D eigenvalue weighted by Gasteiger charge is 2.36. The first kappa shape index (κ1) is 13.3. The lowest BCUT2D eigenvalue weighted by Gasteiger charge is -2.13. The fourth-order valence-corrected chi connectivity index (χ4v) is 1.66. The van der Waals surface area contributed by atoms with Gasteiger partial charge in [-0.15, -0.1) is 0 Å². The van der Waals surface area contributed by atoms with Gasteiger partial charge in [0.1, 0.15) is 0 Å². The molecule has 6 heteroatoms. The maximum Gasteiger partial charge on any atom is 0.417 e. The number of methoxy groups -OCH3 is 1. The van der Waals surface area contributed by atoms with Crippen LogP contribution in [0.15, 0.2) is 12.1 Å². The summed E-state index contributed by atoms with van der Waals surface area (Å²) in [7, 11) is 1.05. The second-order valence-corrected chi connectivity index (χ2v) is 4.30. The molecular weight excluding hydrogens is 336 g/mol. The third kappa shape index (κ3) is 2.66. The Morgan fingerprint density at radius 2 is 1.94 bits per heavy atom. The number of alkyl halides is 3. The first-order valence-electron chi connectivity index (χ1n) is 4.23. The van der Waals surface area contributed by atoms with E-state index < -0.39 is 23.3 Å². The van der Waals surface area contributed by atoms with Gasteiger partial charge in [-0.1, -0.05) is 0 Å². The minimum Gasteiger partial charge on any atom is -0.465 e. The van der Waals surface area contributed by atoms with E-state index in [4.69, 9.17) is 0 Å². The lowest BCUT2D eigenvalue weighted by Crippen LogP contribution is -2.15. The number of carbonyl (C=O) groups excluding carboxylic acids is 1. The Balaban J connectivity index is 3.45. The van der Waals surface area contributed by atoms with E-state index in [9.17, 15) is 18.0 Å². The minimum atomic E-state index is -4.56. The van der Waals surface area contributed by atoms with E-state index in [1.165, 1.54) is 6.07 Å². The van der Waals surface area contributed by atoms with Crippen LogP contribution in [0.5, 0.6) is 0 Å². The molecule has 0 aliphatic rings. The summed E-state index contributed by atoms with van der Waals surface area (Å²) in [5.74, 6) is -0.981. The number of halogens is 4. The van der Waals surface area contributed by atoms with Gasteiger partial charge in [0.2, 0.25) is 0 Å². The van der Waals surface area contributed by atoms with Crippen molar-refractivity contribution in [2.24, 2.45) is 0 Å². The Kier molecular flexibility index (Phi) is 3.82. The van der Waals surface area contributed by atoms with Gasteiger partial charge in [-0.05, 0) is 47.2 Å². The zero-order chi connectivity index (χ0) is 12.5. The molecule has 0 heterocycles. The summed E-state index contributed by atoms with van der Waals surface area (Å²) in [6.07, 6.45) is -4.56. The van der Waals surface area contributed by atoms with Gasteiger partial charge in [-0.2, -0.15) is 13.2 Å². The van der Waals surface area contributed by atoms with Crippen molar-refractivity contribution in [3.05, 3.63) is 32.4 Å². The van der Waals surface area contributed by atoms with E-state index in [0.29, 0.717) is 9.13 Å². The van der Waals surface area contributed by atoms with E-state index in [1.54, 1.807) is 6.92 Å². The van der Waals surface area contributed by atoms with Gasteiger partial charge >= 0.3 is 12.1 Å². The van der Waals surface area contributed by atoms with Gasteiger partial charge in [-0.25, -0.2) is 4.79 Å².